The third kappa shape index (κ3) is 3.20. The van der Waals surface area contributed by atoms with Crippen molar-refractivity contribution in [1.82, 2.24) is 19.5 Å². The van der Waals surface area contributed by atoms with Crippen LogP contribution in [0.5, 0.6) is 0 Å². The van der Waals surface area contributed by atoms with E-state index in [1.807, 2.05) is 0 Å². The van der Waals surface area contributed by atoms with Crippen LogP contribution in [0.1, 0.15) is 6.23 Å². The molecule has 2 aromatic heterocycles. The van der Waals surface area contributed by atoms with E-state index in [-0.39, 0.29) is 4.64 Å². The predicted molar refractivity (Wildman–Crippen MR) is 76.6 cm³/mol. The molecule has 0 unspecified atom stereocenters. The highest BCUT2D eigenvalue weighted by atomic mass is 32.1. The van der Waals surface area contributed by atoms with E-state index in [9.17, 15) is 14.8 Å². The van der Waals surface area contributed by atoms with Gasteiger partial charge in [-0.05, 0) is 0 Å². The van der Waals surface area contributed by atoms with Crippen molar-refractivity contribution in [3.05, 3.63) is 17.3 Å². The van der Waals surface area contributed by atoms with E-state index in [2.05, 4.69) is 19.5 Å². The number of rotatable bonds is 4. The van der Waals surface area contributed by atoms with Gasteiger partial charge < -0.3 is 29.7 Å². The van der Waals surface area contributed by atoms with Crippen molar-refractivity contribution in [2.24, 2.45) is 0 Å². The van der Waals surface area contributed by atoms with Gasteiger partial charge in [0, 0.05) is 0 Å². The van der Waals surface area contributed by atoms with Crippen LogP contribution >= 0.6 is 20.0 Å². The van der Waals surface area contributed by atoms with E-state index < -0.39 is 39.0 Å². The number of ether oxygens (including phenoxy) is 1. The van der Waals surface area contributed by atoms with Gasteiger partial charge in [-0.15, -0.1) is 0 Å². The number of aliphatic hydroxyl groups excluding tert-OH is 2. The molecular formula is C10H13N4O7PS. The van der Waals surface area contributed by atoms with Crippen molar-refractivity contribution >= 4 is 31.2 Å². The van der Waals surface area contributed by atoms with Crippen molar-refractivity contribution in [2.75, 3.05) is 6.61 Å². The Hall–Kier alpha value is -1.24. The van der Waals surface area contributed by atoms with Crippen LogP contribution in [0.2, 0.25) is 0 Å². The smallest absolute Gasteiger partial charge is 0.387 e. The summed E-state index contributed by atoms with van der Waals surface area (Å²) in [4.78, 5) is 28.2. The van der Waals surface area contributed by atoms with Crippen molar-refractivity contribution in [3.63, 3.8) is 0 Å². The van der Waals surface area contributed by atoms with Gasteiger partial charge in [-0.25, -0.2) is 14.5 Å². The van der Waals surface area contributed by atoms with E-state index in [0.717, 1.165) is 0 Å². The lowest BCUT2D eigenvalue weighted by Gasteiger charge is -2.16. The summed E-state index contributed by atoms with van der Waals surface area (Å²) >= 11 is 5.03. The Morgan fingerprint density at radius 2 is 2.13 bits per heavy atom. The molecule has 0 aromatic carbocycles. The second kappa shape index (κ2) is 6.00. The van der Waals surface area contributed by atoms with E-state index in [1.165, 1.54) is 17.2 Å². The maximum atomic E-state index is 10.7. The monoisotopic (exact) mass is 364 g/mol. The number of imidazole rings is 1. The summed E-state index contributed by atoms with van der Waals surface area (Å²) in [6.45, 7) is -0.580. The standard InChI is InChI=1S/C10H13N4O7PS/c15-6-4(1-20-22(17,18)19)21-10(7(6)16)14-3-13-5-8(14)11-2-12-9(5)23/h2-4,6-7,10,15-16H,1H2,(H,11,12,23)(H2,17,18,19)/t4-,6+,7-,10+/m0/s1. The maximum absolute atomic E-state index is 10.7. The zero-order valence-corrected chi connectivity index (χ0v) is 13.1. The van der Waals surface area contributed by atoms with Crippen LogP contribution in [-0.4, -0.2) is 64.4 Å². The number of aromatic nitrogens is 4. The Morgan fingerprint density at radius 3 is 2.83 bits per heavy atom. The molecule has 0 aliphatic carbocycles. The van der Waals surface area contributed by atoms with Gasteiger partial charge in [0.1, 0.15) is 29.5 Å². The quantitative estimate of drug-likeness (QED) is 0.343. The zero-order chi connectivity index (χ0) is 16.8. The molecule has 3 heterocycles. The second-order valence-electron chi connectivity index (χ2n) is 4.89. The lowest BCUT2D eigenvalue weighted by Crippen LogP contribution is -2.33. The van der Waals surface area contributed by atoms with Crippen LogP contribution in [0.25, 0.3) is 11.2 Å². The first-order valence-electron chi connectivity index (χ1n) is 6.40. The number of hydrogen-bond donors (Lipinski definition) is 5. The van der Waals surface area contributed by atoms with Gasteiger partial charge in [-0.2, -0.15) is 0 Å². The Balaban J connectivity index is 1.87. The van der Waals surface area contributed by atoms with Crippen LogP contribution in [0.15, 0.2) is 12.7 Å². The molecule has 1 saturated heterocycles. The number of hydrogen-bond acceptors (Lipinski definition) is 8. The lowest BCUT2D eigenvalue weighted by molar-refractivity contribution is -0.0504. The minimum absolute atomic E-state index is 0.256. The first kappa shape index (κ1) is 16.6. The van der Waals surface area contributed by atoms with Crippen LogP contribution in [0, 0.1) is 4.64 Å². The van der Waals surface area contributed by atoms with Gasteiger partial charge in [-0.1, -0.05) is 12.2 Å². The summed E-state index contributed by atoms with van der Waals surface area (Å²) in [5, 5.41) is 20.1. The van der Waals surface area contributed by atoms with E-state index in [0.29, 0.717) is 11.2 Å². The molecule has 0 radical (unpaired) electrons. The summed E-state index contributed by atoms with van der Waals surface area (Å²) in [6.07, 6.45) is -2.19. The molecule has 126 valence electrons. The van der Waals surface area contributed by atoms with E-state index >= 15 is 0 Å². The maximum Gasteiger partial charge on any atom is 0.469 e. The van der Waals surface area contributed by atoms with Crippen LogP contribution in [-0.2, 0) is 13.8 Å². The first-order chi connectivity index (χ1) is 10.8. The third-order valence-corrected chi connectivity index (χ3v) is 4.18. The molecule has 4 atom stereocenters. The normalized spacial score (nSPS) is 28.5. The van der Waals surface area contributed by atoms with Crippen molar-refractivity contribution in [1.29, 1.82) is 0 Å². The summed E-state index contributed by atoms with van der Waals surface area (Å²) in [7, 11) is -4.71. The Kier molecular flexibility index (Phi) is 4.33. The molecule has 13 heteroatoms. The number of phosphoric ester groups is 1. The zero-order valence-electron chi connectivity index (χ0n) is 11.4. The second-order valence-corrected chi connectivity index (χ2v) is 6.52. The highest BCUT2D eigenvalue weighted by Gasteiger charge is 2.45. The molecule has 0 amide bonds. The average molecular weight is 364 g/mol. The predicted octanol–water partition coefficient (Wildman–Crippen LogP) is -0.783. The van der Waals surface area contributed by atoms with Gasteiger partial charge >= 0.3 is 7.82 Å². The molecule has 0 spiro atoms. The molecule has 23 heavy (non-hydrogen) atoms. The molecule has 1 aliphatic rings. The van der Waals surface area contributed by atoms with Gasteiger partial charge in [0.05, 0.1) is 19.3 Å². The molecule has 11 nitrogen and oxygen atoms in total. The Labute approximate surface area is 133 Å². The molecule has 0 saturated carbocycles. The van der Waals surface area contributed by atoms with Crippen LogP contribution in [0.3, 0.4) is 0 Å². The van der Waals surface area contributed by atoms with Crippen molar-refractivity contribution in [3.8, 4) is 0 Å². The third-order valence-electron chi connectivity index (χ3n) is 3.40. The van der Waals surface area contributed by atoms with Gasteiger partial charge in [0.25, 0.3) is 0 Å². The summed E-state index contributed by atoms with van der Waals surface area (Å²) in [5.74, 6) is 0. The Morgan fingerprint density at radius 1 is 1.39 bits per heavy atom. The molecule has 3 rings (SSSR count). The summed E-state index contributed by atoms with van der Waals surface area (Å²) in [6, 6.07) is 0. The topological polar surface area (TPSA) is 163 Å². The fraction of sp³-hybridized carbons (Fsp3) is 0.500. The average Bonchev–Trinajstić information content (AvgIpc) is 3.01. The SMILES string of the molecule is O=P(O)(O)OC[C@@H]1O[C@@H](n2cnc3c(=S)nc[nH]c32)[C@@H](O)[C@@H]1O. The highest BCUT2D eigenvalue weighted by Crippen LogP contribution is 2.38. The first-order valence-corrected chi connectivity index (χ1v) is 8.33. The van der Waals surface area contributed by atoms with Gasteiger partial charge in [0.2, 0.25) is 0 Å². The Bertz CT molecular complexity index is 819. The number of fused-ring (bicyclic) bond motifs is 1. The van der Waals surface area contributed by atoms with Crippen molar-refractivity contribution in [2.45, 2.75) is 24.5 Å². The van der Waals surface area contributed by atoms with Gasteiger partial charge in [0.15, 0.2) is 10.9 Å². The lowest BCUT2D eigenvalue weighted by atomic mass is 10.1. The van der Waals surface area contributed by atoms with E-state index in [1.54, 1.807) is 0 Å². The minimum atomic E-state index is -4.71. The number of aromatic amines is 1. The molecular weight excluding hydrogens is 351 g/mol. The fourth-order valence-electron chi connectivity index (χ4n) is 2.33. The summed E-state index contributed by atoms with van der Waals surface area (Å²) in [5.41, 5.74) is 0.820. The number of aliphatic hydroxyl groups is 2. The highest BCUT2D eigenvalue weighted by molar-refractivity contribution is 7.71. The molecule has 0 bridgehead atoms. The van der Waals surface area contributed by atoms with Gasteiger partial charge in [-0.3, -0.25) is 9.09 Å². The van der Waals surface area contributed by atoms with Crippen LogP contribution in [0.4, 0.5) is 0 Å². The van der Waals surface area contributed by atoms with Crippen LogP contribution < -0.4 is 0 Å². The largest absolute Gasteiger partial charge is 0.469 e. The molecule has 5 N–H and O–H groups in total. The number of phosphoric acid groups is 1. The summed E-state index contributed by atoms with van der Waals surface area (Å²) < 4.78 is 22.2. The van der Waals surface area contributed by atoms with E-state index in [4.69, 9.17) is 26.7 Å². The number of nitrogens with zero attached hydrogens (tertiary/aromatic N) is 3. The minimum Gasteiger partial charge on any atom is -0.387 e. The number of nitrogens with one attached hydrogen (secondary N) is 1. The molecule has 1 fully saturated rings. The van der Waals surface area contributed by atoms with Crippen molar-refractivity contribution < 1.29 is 33.8 Å². The number of H-pyrrole nitrogens is 1. The molecule has 2 aromatic rings. The fourth-order valence-corrected chi connectivity index (χ4v) is 2.88. The molecule has 1 aliphatic heterocycles.